The van der Waals surface area contributed by atoms with Crippen molar-refractivity contribution in [2.75, 3.05) is 18.8 Å². The predicted octanol–water partition coefficient (Wildman–Crippen LogP) is 3.79. The third kappa shape index (κ3) is 4.89. The highest BCUT2D eigenvalue weighted by Crippen LogP contribution is 2.19. The molecule has 0 saturated carbocycles. The van der Waals surface area contributed by atoms with Gasteiger partial charge in [0.2, 0.25) is 0 Å². The summed E-state index contributed by atoms with van der Waals surface area (Å²) in [5.41, 5.74) is 1.07. The minimum absolute atomic E-state index is 0.778. The van der Waals surface area contributed by atoms with Gasteiger partial charge in [0.05, 0.1) is 5.75 Å². The smallest absolute Gasteiger partial charge is 0.137 e. The zero-order valence-electron chi connectivity index (χ0n) is 11.3. The van der Waals surface area contributed by atoms with E-state index in [-0.39, 0.29) is 0 Å². The van der Waals surface area contributed by atoms with Gasteiger partial charge in [-0.15, -0.1) is 0 Å². The van der Waals surface area contributed by atoms with Gasteiger partial charge in [-0.3, -0.25) is 0 Å². The maximum atomic E-state index is 5.46. The van der Waals surface area contributed by atoms with Gasteiger partial charge in [-0.2, -0.15) is 0 Å². The van der Waals surface area contributed by atoms with Crippen LogP contribution in [0.15, 0.2) is 30.3 Å². The van der Waals surface area contributed by atoms with Crippen LogP contribution < -0.4 is 0 Å². The topological polar surface area (TPSA) is 3.24 Å². The molecule has 0 aromatic heterocycles. The fourth-order valence-corrected chi connectivity index (χ4v) is 3.03. The molecule has 1 aliphatic rings. The zero-order chi connectivity index (χ0) is 13.5. The molecule has 1 aliphatic heterocycles. The second-order valence-corrected chi connectivity index (χ2v) is 6.50. The minimum Gasteiger partial charge on any atom is -0.357 e. The van der Waals surface area contributed by atoms with E-state index in [1.807, 2.05) is 30.3 Å². The van der Waals surface area contributed by atoms with Gasteiger partial charge in [0.25, 0.3) is 0 Å². The van der Waals surface area contributed by atoms with Crippen LogP contribution in [-0.4, -0.2) is 28.1 Å². The van der Waals surface area contributed by atoms with Crippen LogP contribution in [0.2, 0.25) is 0 Å². The molecular formula is C16H19NS2. The Morgan fingerprint density at radius 2 is 2.00 bits per heavy atom. The molecule has 0 atom stereocenters. The SMILES string of the molecule is CC1CCN(C(=S)SCC#Cc2ccccc2)CC1. The maximum absolute atomic E-state index is 5.46. The van der Waals surface area contributed by atoms with Crippen LogP contribution in [0.4, 0.5) is 0 Å². The van der Waals surface area contributed by atoms with Crippen molar-refractivity contribution >= 4 is 28.3 Å². The summed E-state index contributed by atoms with van der Waals surface area (Å²) < 4.78 is 1.01. The Labute approximate surface area is 125 Å². The molecule has 1 aromatic rings. The highest BCUT2D eigenvalue weighted by atomic mass is 32.2. The van der Waals surface area contributed by atoms with Crippen molar-refractivity contribution in [1.82, 2.24) is 4.90 Å². The van der Waals surface area contributed by atoms with Crippen molar-refractivity contribution in [2.24, 2.45) is 5.92 Å². The number of likely N-dealkylation sites (tertiary alicyclic amines) is 1. The second-order valence-electron chi connectivity index (χ2n) is 4.89. The van der Waals surface area contributed by atoms with E-state index in [1.165, 1.54) is 12.8 Å². The fraction of sp³-hybridized carbons (Fsp3) is 0.438. The molecule has 1 heterocycles. The van der Waals surface area contributed by atoms with Crippen LogP contribution in [0, 0.1) is 17.8 Å². The first-order chi connectivity index (χ1) is 9.25. The lowest BCUT2D eigenvalue weighted by molar-refractivity contribution is 0.287. The Kier molecular flexibility index (Phi) is 5.75. The van der Waals surface area contributed by atoms with Crippen molar-refractivity contribution in [2.45, 2.75) is 19.8 Å². The lowest BCUT2D eigenvalue weighted by atomic mass is 10.00. The number of hydrogen-bond donors (Lipinski definition) is 0. The highest BCUT2D eigenvalue weighted by Gasteiger charge is 2.17. The first-order valence-electron chi connectivity index (χ1n) is 6.71. The fourth-order valence-electron chi connectivity index (χ4n) is 2.04. The van der Waals surface area contributed by atoms with E-state index in [0.717, 1.165) is 34.6 Å². The normalized spacial score (nSPS) is 15.7. The van der Waals surface area contributed by atoms with Crippen LogP contribution in [-0.2, 0) is 0 Å². The maximum Gasteiger partial charge on any atom is 0.137 e. The van der Waals surface area contributed by atoms with Gasteiger partial charge >= 0.3 is 0 Å². The number of rotatable bonds is 1. The molecule has 0 amide bonds. The third-order valence-electron chi connectivity index (χ3n) is 3.32. The first-order valence-corrected chi connectivity index (χ1v) is 8.10. The Hall–Kier alpha value is -0.980. The monoisotopic (exact) mass is 289 g/mol. The van der Waals surface area contributed by atoms with E-state index in [9.17, 15) is 0 Å². The molecule has 19 heavy (non-hydrogen) atoms. The van der Waals surface area contributed by atoms with Gasteiger partial charge in [-0.1, -0.05) is 60.9 Å². The summed E-state index contributed by atoms with van der Waals surface area (Å²) in [5, 5.41) is 0. The summed E-state index contributed by atoms with van der Waals surface area (Å²) in [4.78, 5) is 2.32. The second kappa shape index (κ2) is 7.57. The number of hydrogen-bond acceptors (Lipinski definition) is 2. The molecule has 0 spiro atoms. The molecular weight excluding hydrogens is 270 g/mol. The molecule has 0 aliphatic carbocycles. The summed E-state index contributed by atoms with van der Waals surface area (Å²) in [5.74, 6) is 7.97. The van der Waals surface area contributed by atoms with E-state index in [1.54, 1.807) is 11.8 Å². The quantitative estimate of drug-likeness (QED) is 0.572. The average Bonchev–Trinajstić information content (AvgIpc) is 2.45. The molecule has 1 aromatic carbocycles. The number of thioether (sulfide) groups is 1. The van der Waals surface area contributed by atoms with E-state index in [0.29, 0.717) is 0 Å². The number of piperidine rings is 1. The molecule has 0 unspecified atom stereocenters. The molecule has 1 saturated heterocycles. The number of thiocarbonyl (C=S) groups is 1. The van der Waals surface area contributed by atoms with Crippen molar-refractivity contribution in [3.05, 3.63) is 35.9 Å². The summed E-state index contributed by atoms with van der Waals surface area (Å²) in [7, 11) is 0. The van der Waals surface area contributed by atoms with Crippen LogP contribution in [0.3, 0.4) is 0 Å². The van der Waals surface area contributed by atoms with Gasteiger partial charge in [0, 0.05) is 18.7 Å². The van der Waals surface area contributed by atoms with E-state index in [2.05, 4.69) is 23.7 Å². The lowest BCUT2D eigenvalue weighted by Gasteiger charge is -2.31. The van der Waals surface area contributed by atoms with E-state index in [4.69, 9.17) is 12.2 Å². The summed E-state index contributed by atoms with van der Waals surface area (Å²) >= 11 is 7.15. The summed E-state index contributed by atoms with van der Waals surface area (Å²) in [6.45, 7) is 4.54. The molecule has 1 nitrogen and oxygen atoms in total. The van der Waals surface area contributed by atoms with Crippen LogP contribution >= 0.6 is 24.0 Å². The van der Waals surface area contributed by atoms with Crippen molar-refractivity contribution in [3.8, 4) is 11.8 Å². The Morgan fingerprint density at radius 3 is 2.68 bits per heavy atom. The first kappa shape index (κ1) is 14.4. The molecule has 3 heteroatoms. The molecule has 2 rings (SSSR count). The van der Waals surface area contributed by atoms with Gasteiger partial charge in [0.1, 0.15) is 4.32 Å². The lowest BCUT2D eigenvalue weighted by Crippen LogP contribution is -2.35. The number of benzene rings is 1. The summed E-state index contributed by atoms with van der Waals surface area (Å²) in [6.07, 6.45) is 2.52. The van der Waals surface area contributed by atoms with Crippen LogP contribution in [0.5, 0.6) is 0 Å². The molecule has 0 bridgehead atoms. The largest absolute Gasteiger partial charge is 0.357 e. The van der Waals surface area contributed by atoms with Gasteiger partial charge < -0.3 is 4.90 Å². The Bertz CT molecular complexity index is 465. The Morgan fingerprint density at radius 1 is 1.32 bits per heavy atom. The van der Waals surface area contributed by atoms with Gasteiger partial charge in [-0.05, 0) is 30.9 Å². The third-order valence-corrected chi connectivity index (χ3v) is 4.72. The minimum atomic E-state index is 0.778. The van der Waals surface area contributed by atoms with Crippen molar-refractivity contribution in [3.63, 3.8) is 0 Å². The van der Waals surface area contributed by atoms with Crippen molar-refractivity contribution < 1.29 is 0 Å². The highest BCUT2D eigenvalue weighted by molar-refractivity contribution is 8.23. The van der Waals surface area contributed by atoms with Crippen molar-refractivity contribution in [1.29, 1.82) is 0 Å². The Balaban J connectivity index is 1.74. The van der Waals surface area contributed by atoms with Gasteiger partial charge in [0.15, 0.2) is 0 Å². The van der Waals surface area contributed by atoms with Gasteiger partial charge in [-0.25, -0.2) is 0 Å². The molecule has 0 radical (unpaired) electrons. The van der Waals surface area contributed by atoms with Crippen LogP contribution in [0.25, 0.3) is 0 Å². The number of nitrogens with zero attached hydrogens (tertiary/aromatic N) is 1. The predicted molar refractivity (Wildman–Crippen MR) is 88.3 cm³/mol. The molecule has 1 fully saturated rings. The summed E-state index contributed by atoms with van der Waals surface area (Å²) in [6, 6.07) is 10.1. The molecule has 0 N–H and O–H groups in total. The molecule has 100 valence electrons. The average molecular weight is 289 g/mol. The van der Waals surface area contributed by atoms with E-state index >= 15 is 0 Å². The standard InChI is InChI=1S/C16H19NS2/c1-14-9-11-17(12-10-14)16(18)19-13-5-8-15-6-3-2-4-7-15/h2-4,6-7,14H,9-13H2,1H3. The zero-order valence-corrected chi connectivity index (χ0v) is 12.9. The van der Waals surface area contributed by atoms with E-state index < -0.39 is 0 Å². The van der Waals surface area contributed by atoms with Crippen LogP contribution in [0.1, 0.15) is 25.3 Å².